The zero-order valence-electron chi connectivity index (χ0n) is 14.4. The number of nitrogens with zero attached hydrogens (tertiary/aromatic N) is 2. The summed E-state index contributed by atoms with van der Waals surface area (Å²) >= 11 is 0. The first-order chi connectivity index (χ1) is 12.2. The van der Waals surface area contributed by atoms with E-state index in [4.69, 9.17) is 9.47 Å². The minimum absolute atomic E-state index is 0.000771. The molecule has 25 heavy (non-hydrogen) atoms. The fraction of sp³-hybridized carbons (Fsp3) is 0.529. The number of anilines is 1. The van der Waals surface area contributed by atoms with Crippen LogP contribution in [-0.2, 0) is 9.53 Å². The van der Waals surface area contributed by atoms with Crippen molar-refractivity contribution >= 4 is 17.6 Å². The molecule has 2 fully saturated rings. The zero-order valence-corrected chi connectivity index (χ0v) is 14.4. The van der Waals surface area contributed by atoms with E-state index >= 15 is 0 Å². The van der Waals surface area contributed by atoms with Crippen LogP contribution in [0.5, 0.6) is 5.75 Å². The summed E-state index contributed by atoms with van der Waals surface area (Å²) in [4.78, 5) is 26.0. The van der Waals surface area contributed by atoms with E-state index < -0.39 is 0 Å². The second kappa shape index (κ2) is 8.17. The van der Waals surface area contributed by atoms with Crippen molar-refractivity contribution in [1.29, 1.82) is 0 Å². The second-order valence-corrected chi connectivity index (χ2v) is 6.02. The largest absolute Gasteiger partial charge is 0.494 e. The van der Waals surface area contributed by atoms with Crippen molar-refractivity contribution in [2.45, 2.75) is 19.4 Å². The lowest BCUT2D eigenvalue weighted by molar-refractivity contribution is -0.117. The van der Waals surface area contributed by atoms with Gasteiger partial charge in [0.25, 0.3) is 0 Å². The average molecular weight is 348 g/mol. The van der Waals surface area contributed by atoms with Crippen molar-refractivity contribution < 1.29 is 19.1 Å². The lowest BCUT2D eigenvalue weighted by Gasteiger charge is -2.27. The Hall–Kier alpha value is -2.32. The van der Waals surface area contributed by atoms with Crippen LogP contribution in [0.15, 0.2) is 24.3 Å². The molecule has 1 atom stereocenters. The van der Waals surface area contributed by atoms with Crippen LogP contribution in [0.1, 0.15) is 13.3 Å². The molecule has 8 nitrogen and oxygen atoms in total. The Morgan fingerprint density at radius 3 is 2.68 bits per heavy atom. The molecule has 0 bridgehead atoms. The van der Waals surface area contributed by atoms with E-state index in [1.165, 1.54) is 0 Å². The zero-order chi connectivity index (χ0) is 17.6. The number of benzene rings is 1. The monoisotopic (exact) mass is 348 g/mol. The summed E-state index contributed by atoms with van der Waals surface area (Å²) in [6, 6.07) is 6.92. The summed E-state index contributed by atoms with van der Waals surface area (Å²) < 4.78 is 10.7. The molecule has 1 aromatic carbocycles. The molecular weight excluding hydrogens is 324 g/mol. The third-order valence-corrected chi connectivity index (χ3v) is 4.19. The molecule has 2 heterocycles. The highest BCUT2D eigenvalue weighted by atomic mass is 16.5. The molecule has 0 spiro atoms. The van der Waals surface area contributed by atoms with Crippen LogP contribution < -0.4 is 20.4 Å². The average Bonchev–Trinajstić information content (AvgIpc) is 2.97. The smallest absolute Gasteiger partial charge is 0.329 e. The Kier molecular flexibility index (Phi) is 5.72. The Morgan fingerprint density at radius 2 is 2.00 bits per heavy atom. The maximum Gasteiger partial charge on any atom is 0.329 e. The van der Waals surface area contributed by atoms with E-state index in [1.807, 2.05) is 36.2 Å². The van der Waals surface area contributed by atoms with E-state index in [0.29, 0.717) is 45.9 Å². The third-order valence-electron chi connectivity index (χ3n) is 4.19. The molecule has 3 rings (SSSR count). The van der Waals surface area contributed by atoms with Gasteiger partial charge < -0.3 is 19.7 Å². The standard InChI is InChI=1S/C17H24N4O4/c1-2-25-15-5-3-14(4-6-15)21-12-13(11-16(21)22)18-17(23)19-20-7-9-24-10-8-20/h3-6,13H,2,7-12H2,1H3,(H2,18,19,23)/t13-/m1/s1. The minimum Gasteiger partial charge on any atom is -0.494 e. The van der Waals surface area contributed by atoms with Crippen molar-refractivity contribution in [2.75, 3.05) is 44.4 Å². The molecule has 0 aliphatic carbocycles. The number of ether oxygens (including phenoxy) is 2. The molecular formula is C17H24N4O4. The number of hydrogen-bond acceptors (Lipinski definition) is 5. The van der Waals surface area contributed by atoms with Gasteiger partial charge >= 0.3 is 6.03 Å². The fourth-order valence-corrected chi connectivity index (χ4v) is 2.98. The molecule has 0 aromatic heterocycles. The number of nitrogens with one attached hydrogen (secondary N) is 2. The summed E-state index contributed by atoms with van der Waals surface area (Å²) in [5.74, 6) is 0.776. The highest BCUT2D eigenvalue weighted by Crippen LogP contribution is 2.24. The van der Waals surface area contributed by atoms with Gasteiger partial charge in [-0.05, 0) is 31.2 Å². The Bertz CT molecular complexity index is 601. The lowest BCUT2D eigenvalue weighted by atomic mass is 10.2. The molecule has 2 N–H and O–H groups in total. The molecule has 1 aromatic rings. The van der Waals surface area contributed by atoms with Crippen LogP contribution in [0.25, 0.3) is 0 Å². The van der Waals surface area contributed by atoms with Gasteiger partial charge in [-0.3, -0.25) is 10.2 Å². The summed E-state index contributed by atoms with van der Waals surface area (Å²) in [7, 11) is 0. The van der Waals surface area contributed by atoms with Gasteiger partial charge in [0.1, 0.15) is 5.75 Å². The number of urea groups is 1. The maximum absolute atomic E-state index is 12.3. The number of morpholine rings is 1. The number of hydrogen-bond donors (Lipinski definition) is 2. The highest BCUT2D eigenvalue weighted by Gasteiger charge is 2.31. The number of rotatable bonds is 5. The summed E-state index contributed by atoms with van der Waals surface area (Å²) in [5, 5.41) is 4.69. The van der Waals surface area contributed by atoms with Crippen molar-refractivity contribution in [1.82, 2.24) is 15.8 Å². The van der Waals surface area contributed by atoms with Gasteiger partial charge in [-0.25, -0.2) is 9.80 Å². The first-order valence-corrected chi connectivity index (χ1v) is 8.59. The summed E-state index contributed by atoms with van der Waals surface area (Å²) in [6.07, 6.45) is 0.295. The molecule has 0 radical (unpaired) electrons. The molecule has 3 amide bonds. The lowest BCUT2D eigenvalue weighted by Crippen LogP contribution is -2.53. The quantitative estimate of drug-likeness (QED) is 0.820. The summed E-state index contributed by atoms with van der Waals surface area (Å²) in [5.41, 5.74) is 3.61. The van der Waals surface area contributed by atoms with Crippen LogP contribution in [-0.4, -0.2) is 62.4 Å². The van der Waals surface area contributed by atoms with Crippen molar-refractivity contribution in [3.05, 3.63) is 24.3 Å². The molecule has 2 aliphatic heterocycles. The van der Waals surface area contributed by atoms with Crippen molar-refractivity contribution in [2.24, 2.45) is 0 Å². The van der Waals surface area contributed by atoms with E-state index in [9.17, 15) is 9.59 Å². The Labute approximate surface area is 147 Å². The normalized spacial score (nSPS) is 21.2. The van der Waals surface area contributed by atoms with Crippen LogP contribution in [0.3, 0.4) is 0 Å². The SMILES string of the molecule is CCOc1ccc(N2C[C@H](NC(=O)NN3CCOCC3)CC2=O)cc1. The topological polar surface area (TPSA) is 83.1 Å². The number of carbonyl (C=O) groups excluding carboxylic acids is 2. The maximum atomic E-state index is 12.3. The van der Waals surface area contributed by atoms with E-state index in [-0.39, 0.29) is 18.0 Å². The van der Waals surface area contributed by atoms with Gasteiger partial charge in [-0.1, -0.05) is 0 Å². The molecule has 0 unspecified atom stereocenters. The first kappa shape index (κ1) is 17.5. The predicted octanol–water partition coefficient (Wildman–Crippen LogP) is 0.737. The van der Waals surface area contributed by atoms with Gasteiger partial charge in [0.15, 0.2) is 0 Å². The Balaban J connectivity index is 1.52. The predicted molar refractivity (Wildman–Crippen MR) is 92.4 cm³/mol. The van der Waals surface area contributed by atoms with E-state index in [2.05, 4.69) is 10.7 Å². The molecule has 0 saturated carbocycles. The molecule has 2 saturated heterocycles. The molecule has 8 heteroatoms. The van der Waals surface area contributed by atoms with Crippen LogP contribution >= 0.6 is 0 Å². The highest BCUT2D eigenvalue weighted by molar-refractivity contribution is 5.96. The van der Waals surface area contributed by atoms with Gasteiger partial charge in [0, 0.05) is 31.7 Å². The fourth-order valence-electron chi connectivity index (χ4n) is 2.98. The molecule has 136 valence electrons. The summed E-state index contributed by atoms with van der Waals surface area (Å²) in [6.45, 7) is 5.53. The number of amides is 3. The van der Waals surface area contributed by atoms with Gasteiger partial charge in [-0.15, -0.1) is 0 Å². The molecule has 2 aliphatic rings. The van der Waals surface area contributed by atoms with Crippen molar-refractivity contribution in [3.63, 3.8) is 0 Å². The van der Waals surface area contributed by atoms with E-state index in [1.54, 1.807) is 4.90 Å². The van der Waals surface area contributed by atoms with E-state index in [0.717, 1.165) is 11.4 Å². The van der Waals surface area contributed by atoms with Gasteiger partial charge in [0.2, 0.25) is 5.91 Å². The second-order valence-electron chi connectivity index (χ2n) is 6.02. The van der Waals surface area contributed by atoms with Gasteiger partial charge in [0.05, 0.1) is 25.9 Å². The van der Waals surface area contributed by atoms with Gasteiger partial charge in [-0.2, -0.15) is 0 Å². The Morgan fingerprint density at radius 1 is 1.28 bits per heavy atom. The third kappa shape index (κ3) is 4.61. The number of carbonyl (C=O) groups is 2. The van der Waals surface area contributed by atoms with Crippen LogP contribution in [0.2, 0.25) is 0 Å². The van der Waals surface area contributed by atoms with Crippen LogP contribution in [0.4, 0.5) is 10.5 Å². The first-order valence-electron chi connectivity index (χ1n) is 8.59. The van der Waals surface area contributed by atoms with Crippen LogP contribution in [0, 0.1) is 0 Å². The minimum atomic E-state index is -0.284. The van der Waals surface area contributed by atoms with Crippen molar-refractivity contribution in [3.8, 4) is 5.75 Å². The number of hydrazine groups is 1.